The van der Waals surface area contributed by atoms with Gasteiger partial charge in [0.05, 0.1) is 5.69 Å². The van der Waals surface area contributed by atoms with Crippen LogP contribution in [0.5, 0.6) is 5.75 Å². The molecule has 16 heavy (non-hydrogen) atoms. The first-order chi connectivity index (χ1) is 7.65. The van der Waals surface area contributed by atoms with Crippen LogP contribution in [0.15, 0.2) is 35.3 Å². The number of benzene rings is 1. The van der Waals surface area contributed by atoms with Crippen LogP contribution in [-0.2, 0) is 0 Å². The van der Waals surface area contributed by atoms with Gasteiger partial charge < -0.3 is 10.4 Å². The van der Waals surface area contributed by atoms with Gasteiger partial charge in [-0.25, -0.2) is 4.98 Å². The Bertz CT molecular complexity index is 563. The van der Waals surface area contributed by atoms with E-state index in [0.29, 0.717) is 11.6 Å². The van der Waals surface area contributed by atoms with Gasteiger partial charge in [-0.15, -0.1) is 0 Å². The van der Waals surface area contributed by atoms with Gasteiger partial charge in [0.1, 0.15) is 5.75 Å². The summed E-state index contributed by atoms with van der Waals surface area (Å²) in [6.07, 6.45) is 1.40. The van der Waals surface area contributed by atoms with Gasteiger partial charge >= 0.3 is 0 Å². The summed E-state index contributed by atoms with van der Waals surface area (Å²) in [5.74, 6) is 0.408. The number of nitrogens with one attached hydrogen (secondary N) is 2. The SMILES string of the molecule is Cc1ccc(O)c(Nc2nccc(=O)[nH]2)c1. The van der Waals surface area contributed by atoms with Crippen LogP contribution < -0.4 is 10.9 Å². The minimum atomic E-state index is -0.246. The highest BCUT2D eigenvalue weighted by Gasteiger charge is 2.02. The Hall–Kier alpha value is -2.30. The molecule has 0 bridgehead atoms. The molecule has 0 saturated carbocycles. The van der Waals surface area contributed by atoms with E-state index in [9.17, 15) is 9.90 Å². The summed E-state index contributed by atoms with van der Waals surface area (Å²) in [6.45, 7) is 1.91. The molecule has 0 unspecified atom stereocenters. The van der Waals surface area contributed by atoms with Crippen molar-refractivity contribution in [2.45, 2.75) is 6.92 Å². The van der Waals surface area contributed by atoms with Crippen molar-refractivity contribution < 1.29 is 5.11 Å². The second-order valence-electron chi connectivity index (χ2n) is 3.43. The maximum Gasteiger partial charge on any atom is 0.252 e. The molecule has 5 heteroatoms. The number of hydrogen-bond donors (Lipinski definition) is 3. The first-order valence-corrected chi connectivity index (χ1v) is 4.77. The average molecular weight is 217 g/mol. The monoisotopic (exact) mass is 217 g/mol. The van der Waals surface area contributed by atoms with Crippen molar-refractivity contribution in [1.82, 2.24) is 9.97 Å². The molecular formula is C11H11N3O2. The fourth-order valence-corrected chi connectivity index (χ4v) is 1.31. The molecule has 2 aromatic rings. The molecule has 0 saturated heterocycles. The molecule has 0 spiro atoms. The largest absolute Gasteiger partial charge is 0.506 e. The van der Waals surface area contributed by atoms with E-state index in [-0.39, 0.29) is 11.3 Å². The fraction of sp³-hybridized carbons (Fsp3) is 0.0909. The molecule has 1 aromatic carbocycles. The van der Waals surface area contributed by atoms with E-state index in [1.54, 1.807) is 18.2 Å². The van der Waals surface area contributed by atoms with Gasteiger partial charge in [-0.05, 0) is 24.6 Å². The molecular weight excluding hydrogens is 206 g/mol. The predicted octanol–water partition coefficient (Wildman–Crippen LogP) is 1.53. The van der Waals surface area contributed by atoms with Crippen LogP contribution in [-0.4, -0.2) is 15.1 Å². The number of nitrogens with zero attached hydrogens (tertiary/aromatic N) is 1. The van der Waals surface area contributed by atoms with E-state index in [1.807, 2.05) is 6.92 Å². The Labute approximate surface area is 91.8 Å². The van der Waals surface area contributed by atoms with Crippen molar-refractivity contribution in [3.05, 3.63) is 46.4 Å². The second-order valence-corrected chi connectivity index (χ2v) is 3.43. The van der Waals surface area contributed by atoms with E-state index in [2.05, 4.69) is 15.3 Å². The highest BCUT2D eigenvalue weighted by molar-refractivity contribution is 5.62. The van der Waals surface area contributed by atoms with Crippen LogP contribution in [0, 0.1) is 6.92 Å². The lowest BCUT2D eigenvalue weighted by molar-refractivity contribution is 0.477. The lowest BCUT2D eigenvalue weighted by Crippen LogP contribution is -2.08. The third-order valence-electron chi connectivity index (χ3n) is 2.08. The van der Waals surface area contributed by atoms with Gasteiger partial charge in [-0.2, -0.15) is 0 Å². The number of aryl methyl sites for hydroxylation is 1. The summed E-state index contributed by atoms with van der Waals surface area (Å²) < 4.78 is 0. The minimum Gasteiger partial charge on any atom is -0.506 e. The van der Waals surface area contributed by atoms with E-state index >= 15 is 0 Å². The Morgan fingerprint density at radius 2 is 2.19 bits per heavy atom. The van der Waals surface area contributed by atoms with E-state index in [4.69, 9.17) is 0 Å². The zero-order valence-corrected chi connectivity index (χ0v) is 8.69. The van der Waals surface area contributed by atoms with Crippen molar-refractivity contribution in [1.29, 1.82) is 0 Å². The molecule has 0 fully saturated rings. The summed E-state index contributed by atoms with van der Waals surface area (Å²) in [5.41, 5.74) is 1.26. The first kappa shape index (κ1) is 10.2. The van der Waals surface area contributed by atoms with Crippen LogP contribution in [0.25, 0.3) is 0 Å². The van der Waals surface area contributed by atoms with Gasteiger partial charge in [0.15, 0.2) is 0 Å². The van der Waals surface area contributed by atoms with Crippen molar-refractivity contribution in [3.63, 3.8) is 0 Å². The Morgan fingerprint density at radius 3 is 2.94 bits per heavy atom. The molecule has 1 heterocycles. The Kier molecular flexibility index (Phi) is 2.59. The molecule has 0 radical (unpaired) electrons. The summed E-state index contributed by atoms with van der Waals surface area (Å²) in [7, 11) is 0. The number of phenolic OH excluding ortho intramolecular Hbond substituents is 1. The molecule has 0 atom stereocenters. The predicted molar refractivity (Wildman–Crippen MR) is 61.0 cm³/mol. The van der Waals surface area contributed by atoms with Crippen molar-refractivity contribution in [2.24, 2.45) is 0 Å². The van der Waals surface area contributed by atoms with Gasteiger partial charge in [0.2, 0.25) is 5.95 Å². The summed E-state index contributed by atoms with van der Waals surface area (Å²) in [6, 6.07) is 6.46. The highest BCUT2D eigenvalue weighted by Crippen LogP contribution is 2.25. The van der Waals surface area contributed by atoms with Gasteiger partial charge in [-0.3, -0.25) is 9.78 Å². The number of aromatic nitrogens is 2. The third kappa shape index (κ3) is 2.20. The quantitative estimate of drug-likeness (QED) is 0.666. The van der Waals surface area contributed by atoms with Gasteiger partial charge in [0.25, 0.3) is 5.56 Å². The average Bonchev–Trinajstić information content (AvgIpc) is 2.24. The number of hydrogen-bond acceptors (Lipinski definition) is 4. The smallest absolute Gasteiger partial charge is 0.252 e. The summed E-state index contributed by atoms with van der Waals surface area (Å²) in [4.78, 5) is 17.5. The first-order valence-electron chi connectivity index (χ1n) is 4.77. The second kappa shape index (κ2) is 4.06. The zero-order valence-electron chi connectivity index (χ0n) is 8.69. The summed E-state index contributed by atoms with van der Waals surface area (Å²) >= 11 is 0. The molecule has 0 aliphatic rings. The molecule has 0 amide bonds. The molecule has 2 rings (SSSR count). The number of anilines is 2. The van der Waals surface area contributed by atoms with E-state index in [1.165, 1.54) is 12.3 Å². The van der Waals surface area contributed by atoms with Crippen LogP contribution >= 0.6 is 0 Å². The lowest BCUT2D eigenvalue weighted by Gasteiger charge is -2.07. The van der Waals surface area contributed by atoms with Crippen molar-refractivity contribution >= 4 is 11.6 Å². The molecule has 5 nitrogen and oxygen atoms in total. The molecule has 1 aromatic heterocycles. The third-order valence-corrected chi connectivity index (χ3v) is 2.08. The normalized spacial score (nSPS) is 10.1. The van der Waals surface area contributed by atoms with Gasteiger partial charge in [0, 0.05) is 12.3 Å². The number of H-pyrrole nitrogens is 1. The van der Waals surface area contributed by atoms with E-state index in [0.717, 1.165) is 5.56 Å². The van der Waals surface area contributed by atoms with Crippen LogP contribution in [0.4, 0.5) is 11.6 Å². The highest BCUT2D eigenvalue weighted by atomic mass is 16.3. The van der Waals surface area contributed by atoms with Crippen LogP contribution in [0.3, 0.4) is 0 Å². The number of aromatic hydroxyl groups is 1. The fourth-order valence-electron chi connectivity index (χ4n) is 1.31. The number of rotatable bonds is 2. The van der Waals surface area contributed by atoms with Crippen molar-refractivity contribution in [3.8, 4) is 5.75 Å². The van der Waals surface area contributed by atoms with Crippen LogP contribution in [0.2, 0.25) is 0 Å². The molecule has 0 aliphatic carbocycles. The minimum absolute atomic E-state index is 0.108. The standard InChI is InChI=1S/C11H11N3O2/c1-7-2-3-9(15)8(6-7)13-11-12-5-4-10(16)14-11/h2-6,15H,1H3,(H2,12,13,14,16). The maximum atomic E-state index is 11.0. The zero-order chi connectivity index (χ0) is 11.5. The molecule has 0 aliphatic heterocycles. The number of aromatic amines is 1. The van der Waals surface area contributed by atoms with E-state index < -0.39 is 0 Å². The number of phenols is 1. The van der Waals surface area contributed by atoms with Gasteiger partial charge in [-0.1, -0.05) is 6.07 Å². The maximum absolute atomic E-state index is 11.0. The van der Waals surface area contributed by atoms with Crippen molar-refractivity contribution in [2.75, 3.05) is 5.32 Å². The topological polar surface area (TPSA) is 78.0 Å². The molecule has 82 valence electrons. The Morgan fingerprint density at radius 1 is 1.38 bits per heavy atom. The summed E-state index contributed by atoms with van der Waals surface area (Å²) in [5, 5.41) is 12.4. The molecule has 3 N–H and O–H groups in total. The lowest BCUT2D eigenvalue weighted by atomic mass is 10.2. The van der Waals surface area contributed by atoms with Crippen LogP contribution in [0.1, 0.15) is 5.56 Å². The Balaban J connectivity index is 2.33.